The van der Waals surface area contributed by atoms with Crippen molar-refractivity contribution in [2.24, 2.45) is 0 Å². The Labute approximate surface area is 137 Å². The molecule has 2 aromatic rings. The first-order valence-electron chi connectivity index (χ1n) is 6.99. The number of halogens is 2. The molecule has 5 nitrogen and oxygen atoms in total. The van der Waals surface area contributed by atoms with Gasteiger partial charge in [-0.3, -0.25) is 9.59 Å². The summed E-state index contributed by atoms with van der Waals surface area (Å²) in [7, 11) is 0. The molecule has 1 N–H and O–H groups in total. The Balaban J connectivity index is 1.81. The van der Waals surface area contributed by atoms with Crippen LogP contribution in [0, 0.1) is 0 Å². The van der Waals surface area contributed by atoms with Crippen LogP contribution in [0.1, 0.15) is 17.4 Å². The number of amides is 2. The second-order valence-corrected chi connectivity index (χ2v) is 6.09. The molecule has 1 aliphatic rings. The van der Waals surface area contributed by atoms with Crippen molar-refractivity contribution in [1.29, 1.82) is 0 Å². The maximum absolute atomic E-state index is 12.6. The normalized spacial score (nSPS) is 15.4. The lowest BCUT2D eigenvalue weighted by Gasteiger charge is -2.33. The summed E-state index contributed by atoms with van der Waals surface area (Å²) in [6.07, 6.45) is 0. The Morgan fingerprint density at radius 1 is 1.09 bits per heavy atom. The quantitative estimate of drug-likeness (QED) is 0.868. The van der Waals surface area contributed by atoms with Gasteiger partial charge in [0.1, 0.15) is 5.69 Å². The van der Waals surface area contributed by atoms with Crippen molar-refractivity contribution < 1.29 is 9.59 Å². The van der Waals surface area contributed by atoms with E-state index in [9.17, 15) is 9.59 Å². The Kier molecular flexibility index (Phi) is 4.02. The standard InChI is InChI=1S/C15H15Cl2N3O2/c1-9(21)19-4-6-20(7-5-19)15(22)13-8-10-12(18-13)3-2-11(16)14(10)17/h2-3,8,18H,4-7H2,1H3. The Hall–Kier alpha value is -1.72. The van der Waals surface area contributed by atoms with Gasteiger partial charge in [0.2, 0.25) is 5.91 Å². The maximum Gasteiger partial charge on any atom is 0.270 e. The van der Waals surface area contributed by atoms with E-state index in [1.54, 1.807) is 34.9 Å². The summed E-state index contributed by atoms with van der Waals surface area (Å²) in [5.74, 6) is -0.0503. The van der Waals surface area contributed by atoms with Gasteiger partial charge < -0.3 is 14.8 Å². The molecule has 3 rings (SSSR count). The van der Waals surface area contributed by atoms with Crippen molar-refractivity contribution in [3.63, 3.8) is 0 Å². The zero-order valence-electron chi connectivity index (χ0n) is 12.0. The molecular weight excluding hydrogens is 325 g/mol. The van der Waals surface area contributed by atoms with Crippen LogP contribution in [0.5, 0.6) is 0 Å². The molecule has 7 heteroatoms. The van der Waals surface area contributed by atoms with Gasteiger partial charge in [-0.15, -0.1) is 0 Å². The summed E-state index contributed by atoms with van der Waals surface area (Å²) in [4.78, 5) is 30.4. The van der Waals surface area contributed by atoms with E-state index in [0.29, 0.717) is 41.9 Å². The molecule has 1 saturated heterocycles. The monoisotopic (exact) mass is 339 g/mol. The zero-order valence-corrected chi connectivity index (χ0v) is 13.5. The highest BCUT2D eigenvalue weighted by molar-refractivity contribution is 6.45. The Morgan fingerprint density at radius 2 is 1.73 bits per heavy atom. The summed E-state index contributed by atoms with van der Waals surface area (Å²) >= 11 is 12.2. The average molecular weight is 340 g/mol. The lowest BCUT2D eigenvalue weighted by molar-refractivity contribution is -0.130. The number of fused-ring (bicyclic) bond motifs is 1. The van der Waals surface area contributed by atoms with E-state index in [1.807, 2.05) is 0 Å². The number of H-pyrrole nitrogens is 1. The average Bonchev–Trinajstić information content (AvgIpc) is 2.95. The molecule has 1 aromatic carbocycles. The molecule has 2 heterocycles. The van der Waals surface area contributed by atoms with Gasteiger partial charge in [0.25, 0.3) is 5.91 Å². The van der Waals surface area contributed by atoms with Crippen LogP contribution in [-0.4, -0.2) is 52.8 Å². The Morgan fingerprint density at radius 3 is 2.36 bits per heavy atom. The lowest BCUT2D eigenvalue weighted by Crippen LogP contribution is -2.50. The van der Waals surface area contributed by atoms with Gasteiger partial charge in [-0.25, -0.2) is 0 Å². The third-order valence-corrected chi connectivity index (χ3v) is 4.75. The number of aromatic amines is 1. The first-order chi connectivity index (χ1) is 10.5. The van der Waals surface area contributed by atoms with Crippen molar-refractivity contribution >= 4 is 45.9 Å². The van der Waals surface area contributed by atoms with Gasteiger partial charge in [-0.1, -0.05) is 23.2 Å². The van der Waals surface area contributed by atoms with Crippen molar-refractivity contribution in [3.05, 3.63) is 33.9 Å². The summed E-state index contributed by atoms with van der Waals surface area (Å²) in [6, 6.07) is 5.22. The van der Waals surface area contributed by atoms with Crippen LogP contribution in [-0.2, 0) is 4.79 Å². The minimum atomic E-state index is -0.0911. The molecule has 2 amide bonds. The van der Waals surface area contributed by atoms with E-state index >= 15 is 0 Å². The van der Waals surface area contributed by atoms with Gasteiger partial charge in [-0.2, -0.15) is 0 Å². The molecular formula is C15H15Cl2N3O2. The van der Waals surface area contributed by atoms with Crippen molar-refractivity contribution in [2.75, 3.05) is 26.2 Å². The van der Waals surface area contributed by atoms with Crippen LogP contribution in [0.25, 0.3) is 10.9 Å². The van der Waals surface area contributed by atoms with Crippen molar-refractivity contribution in [1.82, 2.24) is 14.8 Å². The molecule has 0 spiro atoms. The number of benzene rings is 1. The summed E-state index contributed by atoms with van der Waals surface area (Å²) in [6.45, 7) is 3.73. The smallest absolute Gasteiger partial charge is 0.270 e. The fourth-order valence-corrected chi connectivity index (χ4v) is 3.04. The number of carbonyl (C=O) groups excluding carboxylic acids is 2. The van der Waals surface area contributed by atoms with Gasteiger partial charge >= 0.3 is 0 Å². The summed E-state index contributed by atoms with van der Waals surface area (Å²) < 4.78 is 0. The van der Waals surface area contributed by atoms with Crippen LogP contribution >= 0.6 is 23.2 Å². The minimum Gasteiger partial charge on any atom is -0.350 e. The largest absolute Gasteiger partial charge is 0.350 e. The highest BCUT2D eigenvalue weighted by atomic mass is 35.5. The van der Waals surface area contributed by atoms with Crippen LogP contribution in [0.4, 0.5) is 0 Å². The molecule has 0 bridgehead atoms. The highest BCUT2D eigenvalue weighted by Gasteiger charge is 2.24. The molecule has 0 atom stereocenters. The van der Waals surface area contributed by atoms with Gasteiger partial charge in [0.05, 0.1) is 10.0 Å². The van der Waals surface area contributed by atoms with Gasteiger partial charge in [-0.05, 0) is 18.2 Å². The van der Waals surface area contributed by atoms with E-state index < -0.39 is 0 Å². The molecule has 1 aromatic heterocycles. The van der Waals surface area contributed by atoms with Gasteiger partial charge in [0, 0.05) is 44.0 Å². The van der Waals surface area contributed by atoms with E-state index in [0.717, 1.165) is 10.9 Å². The first kappa shape index (κ1) is 15.2. The SMILES string of the molecule is CC(=O)N1CCN(C(=O)c2cc3c(Cl)c(Cl)ccc3[nH]2)CC1. The minimum absolute atomic E-state index is 0.0409. The van der Waals surface area contributed by atoms with Crippen LogP contribution in [0.15, 0.2) is 18.2 Å². The molecule has 0 saturated carbocycles. The third-order valence-electron chi connectivity index (χ3n) is 3.93. The number of aromatic nitrogens is 1. The fraction of sp³-hybridized carbons (Fsp3) is 0.333. The molecule has 0 unspecified atom stereocenters. The summed E-state index contributed by atoms with van der Waals surface area (Å²) in [5.41, 5.74) is 1.26. The van der Waals surface area contributed by atoms with Crippen molar-refractivity contribution in [3.8, 4) is 0 Å². The van der Waals surface area contributed by atoms with Crippen molar-refractivity contribution in [2.45, 2.75) is 6.92 Å². The fourth-order valence-electron chi connectivity index (χ4n) is 2.65. The Bertz CT molecular complexity index is 749. The highest BCUT2D eigenvalue weighted by Crippen LogP contribution is 2.31. The van der Waals surface area contributed by atoms with Crippen LogP contribution in [0.2, 0.25) is 10.0 Å². The molecule has 1 fully saturated rings. The number of carbonyl (C=O) groups is 2. The number of piperazine rings is 1. The molecule has 116 valence electrons. The molecule has 0 aliphatic carbocycles. The van der Waals surface area contributed by atoms with E-state index in [1.165, 1.54) is 0 Å². The molecule has 1 aliphatic heterocycles. The molecule has 0 radical (unpaired) electrons. The summed E-state index contributed by atoms with van der Waals surface area (Å²) in [5, 5.41) is 1.64. The number of hydrogen-bond donors (Lipinski definition) is 1. The predicted octanol–water partition coefficient (Wildman–Crippen LogP) is 2.78. The van der Waals surface area contributed by atoms with Crippen LogP contribution in [0.3, 0.4) is 0 Å². The van der Waals surface area contributed by atoms with E-state index in [-0.39, 0.29) is 11.8 Å². The van der Waals surface area contributed by atoms with E-state index in [4.69, 9.17) is 23.2 Å². The third kappa shape index (κ3) is 2.66. The van der Waals surface area contributed by atoms with Crippen LogP contribution < -0.4 is 0 Å². The van der Waals surface area contributed by atoms with Gasteiger partial charge in [0.15, 0.2) is 0 Å². The number of nitrogens with zero attached hydrogens (tertiary/aromatic N) is 2. The topological polar surface area (TPSA) is 56.4 Å². The first-order valence-corrected chi connectivity index (χ1v) is 7.74. The number of rotatable bonds is 1. The second kappa shape index (κ2) is 5.82. The predicted molar refractivity (Wildman–Crippen MR) is 86.5 cm³/mol. The number of nitrogens with one attached hydrogen (secondary N) is 1. The zero-order chi connectivity index (χ0) is 15.9. The lowest BCUT2D eigenvalue weighted by atomic mass is 10.2. The number of hydrogen-bond acceptors (Lipinski definition) is 2. The second-order valence-electron chi connectivity index (χ2n) is 5.30. The maximum atomic E-state index is 12.6. The molecule has 22 heavy (non-hydrogen) atoms. The van der Waals surface area contributed by atoms with E-state index in [2.05, 4.69) is 4.98 Å².